The number of fused-ring (bicyclic) bond motifs is 1. The number of aromatic nitrogens is 1. The molecule has 0 unspecified atom stereocenters. The van der Waals surface area contributed by atoms with Crippen LogP contribution >= 0.6 is 11.8 Å². The first-order valence-electron chi connectivity index (χ1n) is 6.73. The van der Waals surface area contributed by atoms with Crippen molar-refractivity contribution >= 4 is 29.3 Å². The Bertz CT molecular complexity index is 726. The van der Waals surface area contributed by atoms with Gasteiger partial charge in [0.15, 0.2) is 0 Å². The highest BCUT2D eigenvalue weighted by atomic mass is 32.2. The van der Waals surface area contributed by atoms with Crippen molar-refractivity contribution in [3.05, 3.63) is 41.7 Å². The van der Waals surface area contributed by atoms with Crippen LogP contribution in [0, 0.1) is 11.3 Å². The van der Waals surface area contributed by atoms with Crippen molar-refractivity contribution in [2.24, 2.45) is 0 Å². The molecule has 21 heavy (non-hydrogen) atoms. The summed E-state index contributed by atoms with van der Waals surface area (Å²) in [6.07, 6.45) is 5.00. The topological polar surface area (TPSA) is 54.5 Å². The summed E-state index contributed by atoms with van der Waals surface area (Å²) >= 11 is 1.60. The van der Waals surface area contributed by atoms with Crippen LogP contribution in [0.25, 0.3) is 11.6 Å². The normalized spacial score (nSPS) is 10.9. The van der Waals surface area contributed by atoms with Crippen molar-refractivity contribution in [3.8, 4) is 6.07 Å². The second kappa shape index (κ2) is 7.00. The summed E-state index contributed by atoms with van der Waals surface area (Å²) in [6.45, 7) is 4.15. The van der Waals surface area contributed by atoms with Gasteiger partial charge in [-0.1, -0.05) is 13.0 Å². The second-order valence-electron chi connectivity index (χ2n) is 4.18. The van der Waals surface area contributed by atoms with Gasteiger partial charge in [-0.2, -0.15) is 5.26 Å². The van der Waals surface area contributed by atoms with Gasteiger partial charge in [0.25, 0.3) is 0 Å². The molecule has 0 aliphatic carbocycles. The maximum absolute atomic E-state index is 11.5. The Morgan fingerprint density at radius 1 is 1.48 bits per heavy atom. The average Bonchev–Trinajstić information content (AvgIpc) is 2.79. The first-order valence-corrected chi connectivity index (χ1v) is 7.72. The fraction of sp³-hybridized carbons (Fsp3) is 0.250. The molecule has 0 spiro atoms. The van der Waals surface area contributed by atoms with Gasteiger partial charge in [0.05, 0.1) is 28.3 Å². The highest BCUT2D eigenvalue weighted by Crippen LogP contribution is 2.32. The summed E-state index contributed by atoms with van der Waals surface area (Å²) in [7, 11) is 0. The summed E-state index contributed by atoms with van der Waals surface area (Å²) in [4.78, 5) is 12.4. The first-order chi connectivity index (χ1) is 10.2. The van der Waals surface area contributed by atoms with E-state index in [0.29, 0.717) is 12.2 Å². The highest BCUT2D eigenvalue weighted by molar-refractivity contribution is 7.99. The third-order valence-corrected chi connectivity index (χ3v) is 3.89. The fourth-order valence-corrected chi connectivity index (χ4v) is 3.00. The van der Waals surface area contributed by atoms with E-state index < -0.39 is 0 Å². The van der Waals surface area contributed by atoms with E-state index in [4.69, 9.17) is 4.74 Å². The molecule has 0 bridgehead atoms. The van der Waals surface area contributed by atoms with Crippen LogP contribution in [0.3, 0.4) is 0 Å². The molecule has 0 atom stereocenters. The number of nitrogens with zero attached hydrogens (tertiary/aromatic N) is 2. The van der Waals surface area contributed by atoms with Gasteiger partial charge in [0.2, 0.25) is 0 Å². The van der Waals surface area contributed by atoms with E-state index in [0.717, 1.165) is 21.9 Å². The largest absolute Gasteiger partial charge is 0.463 e. The summed E-state index contributed by atoms with van der Waals surface area (Å²) in [6, 6.07) is 7.96. The van der Waals surface area contributed by atoms with Gasteiger partial charge in [-0.3, -0.25) is 0 Å². The number of ether oxygens (including phenoxy) is 1. The maximum Gasteiger partial charge on any atom is 0.330 e. The number of hydrogen-bond donors (Lipinski definition) is 0. The zero-order valence-corrected chi connectivity index (χ0v) is 12.8. The molecule has 2 heterocycles. The lowest BCUT2D eigenvalue weighted by molar-refractivity contribution is -0.137. The molecule has 0 saturated carbocycles. The van der Waals surface area contributed by atoms with Crippen LogP contribution in [-0.2, 0) is 9.53 Å². The van der Waals surface area contributed by atoms with Crippen molar-refractivity contribution in [3.63, 3.8) is 0 Å². The molecular formula is C16H16N2O2S. The van der Waals surface area contributed by atoms with Crippen molar-refractivity contribution in [2.75, 3.05) is 12.4 Å². The summed E-state index contributed by atoms with van der Waals surface area (Å²) in [5, 5.41) is 9.43. The molecule has 0 fully saturated rings. The minimum absolute atomic E-state index is 0.345. The zero-order chi connectivity index (χ0) is 15.2. The van der Waals surface area contributed by atoms with E-state index in [1.165, 1.54) is 6.08 Å². The summed E-state index contributed by atoms with van der Waals surface area (Å²) in [5.41, 5.74) is 2.33. The SMILES string of the molecule is CCOC(=O)/C=C/c1c(SCC)c(C#N)c2ccccn12. The molecule has 0 radical (unpaired) electrons. The molecule has 0 amide bonds. The molecule has 0 aliphatic rings. The quantitative estimate of drug-likeness (QED) is 0.482. The molecule has 2 aromatic rings. The monoisotopic (exact) mass is 300 g/mol. The summed E-state index contributed by atoms with van der Waals surface area (Å²) in [5.74, 6) is 0.473. The lowest BCUT2D eigenvalue weighted by Crippen LogP contribution is -1.99. The van der Waals surface area contributed by atoms with Crippen LogP contribution in [0.15, 0.2) is 35.4 Å². The van der Waals surface area contributed by atoms with Gasteiger partial charge >= 0.3 is 5.97 Å². The predicted octanol–water partition coefficient (Wildman–Crippen LogP) is 3.50. The number of hydrogen-bond acceptors (Lipinski definition) is 4. The number of pyridine rings is 1. The third kappa shape index (κ3) is 3.11. The van der Waals surface area contributed by atoms with Crippen LogP contribution in [-0.4, -0.2) is 22.7 Å². The van der Waals surface area contributed by atoms with E-state index in [1.54, 1.807) is 24.8 Å². The lowest BCUT2D eigenvalue weighted by Gasteiger charge is -2.01. The van der Waals surface area contributed by atoms with Crippen LogP contribution < -0.4 is 0 Å². The molecule has 0 N–H and O–H groups in total. The minimum atomic E-state index is -0.380. The average molecular weight is 300 g/mol. The molecule has 0 aromatic carbocycles. The molecule has 108 valence electrons. The molecule has 2 rings (SSSR count). The van der Waals surface area contributed by atoms with Crippen LogP contribution in [0.4, 0.5) is 0 Å². The molecule has 5 heteroatoms. The number of nitriles is 1. The number of rotatable bonds is 5. The van der Waals surface area contributed by atoms with E-state index in [1.807, 2.05) is 35.7 Å². The second-order valence-corrected chi connectivity index (χ2v) is 5.45. The first kappa shape index (κ1) is 15.2. The van der Waals surface area contributed by atoms with Gasteiger partial charge in [-0.25, -0.2) is 4.79 Å². The Kier molecular flexibility index (Phi) is 5.07. The van der Waals surface area contributed by atoms with Gasteiger partial charge in [0, 0.05) is 12.3 Å². The minimum Gasteiger partial charge on any atom is -0.463 e. The number of thioether (sulfide) groups is 1. The zero-order valence-electron chi connectivity index (χ0n) is 12.0. The van der Waals surface area contributed by atoms with E-state index in [-0.39, 0.29) is 5.97 Å². The van der Waals surface area contributed by atoms with Gasteiger partial charge < -0.3 is 9.14 Å². The Hall–Kier alpha value is -2.19. The third-order valence-electron chi connectivity index (χ3n) is 2.90. The lowest BCUT2D eigenvalue weighted by atomic mass is 10.2. The standard InChI is InChI=1S/C16H16N2O2S/c1-3-20-15(19)9-8-14-16(21-4-2)12(11-17)13-7-5-6-10-18(13)14/h5-10H,3-4H2,1-2H3/b9-8+. The van der Waals surface area contributed by atoms with Crippen LogP contribution in [0.5, 0.6) is 0 Å². The summed E-state index contributed by atoms with van der Waals surface area (Å²) < 4.78 is 6.82. The molecular weight excluding hydrogens is 284 g/mol. The molecule has 2 aromatic heterocycles. The van der Waals surface area contributed by atoms with Gasteiger partial charge in [-0.05, 0) is 30.9 Å². The Balaban J connectivity index is 2.57. The highest BCUT2D eigenvalue weighted by Gasteiger charge is 2.16. The Morgan fingerprint density at radius 3 is 2.95 bits per heavy atom. The van der Waals surface area contributed by atoms with Crippen molar-refractivity contribution in [2.45, 2.75) is 18.7 Å². The number of carbonyl (C=O) groups excluding carboxylic acids is 1. The van der Waals surface area contributed by atoms with Gasteiger partial charge in [-0.15, -0.1) is 11.8 Å². The Morgan fingerprint density at radius 2 is 2.29 bits per heavy atom. The maximum atomic E-state index is 11.5. The Labute approximate surface area is 128 Å². The van der Waals surface area contributed by atoms with Gasteiger partial charge in [0.1, 0.15) is 6.07 Å². The predicted molar refractivity (Wildman–Crippen MR) is 84.2 cm³/mol. The van der Waals surface area contributed by atoms with E-state index >= 15 is 0 Å². The molecule has 4 nitrogen and oxygen atoms in total. The van der Waals surface area contributed by atoms with Crippen molar-refractivity contribution < 1.29 is 9.53 Å². The van der Waals surface area contributed by atoms with Crippen molar-refractivity contribution in [1.29, 1.82) is 5.26 Å². The van der Waals surface area contributed by atoms with E-state index in [2.05, 4.69) is 6.07 Å². The molecule has 0 saturated heterocycles. The number of esters is 1. The van der Waals surface area contributed by atoms with Crippen LogP contribution in [0.2, 0.25) is 0 Å². The van der Waals surface area contributed by atoms with E-state index in [9.17, 15) is 10.1 Å². The number of carbonyl (C=O) groups is 1. The fourth-order valence-electron chi connectivity index (χ4n) is 2.10. The van der Waals surface area contributed by atoms with Crippen LogP contribution in [0.1, 0.15) is 25.1 Å². The smallest absolute Gasteiger partial charge is 0.330 e. The van der Waals surface area contributed by atoms with Crippen molar-refractivity contribution in [1.82, 2.24) is 4.40 Å². The molecule has 0 aliphatic heterocycles.